The number of hydrogen-bond acceptors (Lipinski definition) is 2. The summed E-state index contributed by atoms with van der Waals surface area (Å²) < 4.78 is 0. The molecule has 0 unspecified atom stereocenters. The molecule has 4 nitrogen and oxygen atoms in total. The van der Waals surface area contributed by atoms with E-state index in [1.165, 1.54) is 0 Å². The topological polar surface area (TPSA) is 58.2 Å². The maximum atomic E-state index is 12.0. The van der Waals surface area contributed by atoms with Crippen molar-refractivity contribution in [3.63, 3.8) is 0 Å². The van der Waals surface area contributed by atoms with Crippen molar-refractivity contribution in [2.75, 3.05) is 13.1 Å². The summed E-state index contributed by atoms with van der Waals surface area (Å²) in [6, 6.07) is 12.0. The van der Waals surface area contributed by atoms with Gasteiger partial charge in [0.1, 0.15) is 0 Å². The molecule has 2 rings (SSSR count). The normalized spacial score (nSPS) is 10.4. The third kappa shape index (κ3) is 6.24. The molecule has 2 amide bonds. The SMILES string of the molecule is O=C(CCNC(=O)c1ccccc1Cl)NCCc1ccc(Cl)cc1Cl. The van der Waals surface area contributed by atoms with Crippen LogP contribution in [0.3, 0.4) is 0 Å². The lowest BCUT2D eigenvalue weighted by molar-refractivity contribution is -0.120. The number of benzene rings is 2. The monoisotopic (exact) mass is 398 g/mol. The Hall–Kier alpha value is -1.75. The highest BCUT2D eigenvalue weighted by Crippen LogP contribution is 2.21. The van der Waals surface area contributed by atoms with Crippen molar-refractivity contribution >= 4 is 46.6 Å². The van der Waals surface area contributed by atoms with E-state index in [2.05, 4.69) is 10.6 Å². The second-order valence-corrected chi connectivity index (χ2v) is 6.57. The maximum absolute atomic E-state index is 12.0. The van der Waals surface area contributed by atoms with Crippen molar-refractivity contribution in [3.05, 3.63) is 68.7 Å². The van der Waals surface area contributed by atoms with Crippen molar-refractivity contribution in [1.29, 1.82) is 0 Å². The molecule has 0 atom stereocenters. The number of carbonyl (C=O) groups excluding carboxylic acids is 2. The molecule has 25 heavy (non-hydrogen) atoms. The van der Waals surface area contributed by atoms with Crippen LogP contribution in [0.2, 0.25) is 15.1 Å². The number of carbonyl (C=O) groups is 2. The van der Waals surface area contributed by atoms with Gasteiger partial charge in [-0.2, -0.15) is 0 Å². The van der Waals surface area contributed by atoms with Gasteiger partial charge in [-0.25, -0.2) is 0 Å². The summed E-state index contributed by atoms with van der Waals surface area (Å²) in [6.45, 7) is 0.691. The number of hydrogen-bond donors (Lipinski definition) is 2. The second kappa shape index (κ2) is 9.66. The van der Waals surface area contributed by atoms with Crippen molar-refractivity contribution in [2.24, 2.45) is 0 Å². The standard InChI is InChI=1S/C18H17Cl3N2O2/c19-13-6-5-12(16(21)11-13)7-9-22-17(24)8-10-23-18(25)14-3-1-2-4-15(14)20/h1-6,11H,7-10H2,(H,22,24)(H,23,25). The zero-order valence-electron chi connectivity index (χ0n) is 13.3. The van der Waals surface area contributed by atoms with Crippen LogP contribution in [0.4, 0.5) is 0 Å². The molecular weight excluding hydrogens is 383 g/mol. The molecule has 7 heteroatoms. The first kappa shape index (κ1) is 19.6. The molecule has 0 radical (unpaired) electrons. The molecule has 0 aliphatic carbocycles. The summed E-state index contributed by atoms with van der Waals surface area (Å²) >= 11 is 17.9. The van der Waals surface area contributed by atoms with E-state index in [1.54, 1.807) is 36.4 Å². The minimum absolute atomic E-state index is 0.149. The van der Waals surface area contributed by atoms with Crippen LogP contribution in [-0.4, -0.2) is 24.9 Å². The second-order valence-electron chi connectivity index (χ2n) is 5.32. The Kier molecular flexibility index (Phi) is 7.56. The fourth-order valence-electron chi connectivity index (χ4n) is 2.18. The molecule has 132 valence electrons. The van der Waals surface area contributed by atoms with Gasteiger partial charge in [0, 0.05) is 29.6 Å². The fourth-order valence-corrected chi connectivity index (χ4v) is 2.90. The van der Waals surface area contributed by atoms with Gasteiger partial charge in [-0.05, 0) is 36.2 Å². The summed E-state index contributed by atoms with van der Waals surface area (Å²) in [4.78, 5) is 23.8. The molecular formula is C18H17Cl3N2O2. The predicted molar refractivity (Wildman–Crippen MR) is 102 cm³/mol. The van der Waals surface area contributed by atoms with E-state index in [-0.39, 0.29) is 24.8 Å². The predicted octanol–water partition coefficient (Wildman–Crippen LogP) is 4.13. The summed E-state index contributed by atoms with van der Waals surface area (Å²) in [7, 11) is 0. The molecule has 2 N–H and O–H groups in total. The lowest BCUT2D eigenvalue weighted by atomic mass is 10.1. The van der Waals surface area contributed by atoms with E-state index < -0.39 is 0 Å². The molecule has 0 saturated heterocycles. The third-order valence-electron chi connectivity index (χ3n) is 3.49. The molecule has 0 spiro atoms. The Bertz CT molecular complexity index is 766. The van der Waals surface area contributed by atoms with E-state index >= 15 is 0 Å². The quantitative estimate of drug-likeness (QED) is 0.735. The van der Waals surface area contributed by atoms with E-state index in [0.29, 0.717) is 33.6 Å². The van der Waals surface area contributed by atoms with Crippen LogP contribution >= 0.6 is 34.8 Å². The summed E-state index contributed by atoms with van der Waals surface area (Å²) in [6.07, 6.45) is 0.790. The van der Waals surface area contributed by atoms with Crippen LogP contribution in [0.15, 0.2) is 42.5 Å². The molecule has 0 saturated carbocycles. The Balaban J connectivity index is 1.69. The van der Waals surface area contributed by atoms with Gasteiger partial charge in [0.15, 0.2) is 0 Å². The summed E-state index contributed by atoms with van der Waals surface area (Å²) in [5.41, 5.74) is 1.31. The number of nitrogens with one attached hydrogen (secondary N) is 2. The Morgan fingerprint density at radius 2 is 1.64 bits per heavy atom. The lowest BCUT2D eigenvalue weighted by Gasteiger charge is -2.08. The average Bonchev–Trinajstić information content (AvgIpc) is 2.57. The Morgan fingerprint density at radius 3 is 2.36 bits per heavy atom. The van der Waals surface area contributed by atoms with E-state index in [9.17, 15) is 9.59 Å². The summed E-state index contributed by atoms with van der Waals surface area (Å²) in [5, 5.41) is 7.00. The van der Waals surface area contributed by atoms with Crippen molar-refractivity contribution in [2.45, 2.75) is 12.8 Å². The van der Waals surface area contributed by atoms with E-state index in [1.807, 2.05) is 6.07 Å². The van der Waals surface area contributed by atoms with Crippen LogP contribution in [0.1, 0.15) is 22.3 Å². The molecule has 0 aromatic heterocycles. The number of halogens is 3. The van der Waals surface area contributed by atoms with Gasteiger partial charge in [0.25, 0.3) is 5.91 Å². The molecule has 0 aliphatic heterocycles. The largest absolute Gasteiger partial charge is 0.356 e. The molecule has 0 fully saturated rings. The van der Waals surface area contributed by atoms with E-state index in [0.717, 1.165) is 5.56 Å². The van der Waals surface area contributed by atoms with E-state index in [4.69, 9.17) is 34.8 Å². The zero-order chi connectivity index (χ0) is 18.2. The highest BCUT2D eigenvalue weighted by molar-refractivity contribution is 6.35. The maximum Gasteiger partial charge on any atom is 0.252 e. The van der Waals surface area contributed by atoms with Gasteiger partial charge >= 0.3 is 0 Å². The van der Waals surface area contributed by atoms with Crippen LogP contribution < -0.4 is 10.6 Å². The first-order valence-electron chi connectivity index (χ1n) is 7.70. The van der Waals surface area contributed by atoms with Gasteiger partial charge in [-0.3, -0.25) is 9.59 Å². The number of rotatable bonds is 7. The summed E-state index contributed by atoms with van der Waals surface area (Å²) in [5.74, 6) is -0.448. The third-order valence-corrected chi connectivity index (χ3v) is 4.40. The van der Waals surface area contributed by atoms with Gasteiger partial charge in [0.2, 0.25) is 5.91 Å². The van der Waals surface area contributed by atoms with Crippen LogP contribution in [0.5, 0.6) is 0 Å². The minimum Gasteiger partial charge on any atom is -0.356 e. The molecule has 0 aliphatic rings. The minimum atomic E-state index is -0.300. The first-order chi connectivity index (χ1) is 12.0. The molecule has 0 bridgehead atoms. The van der Waals surface area contributed by atoms with Crippen molar-refractivity contribution in [1.82, 2.24) is 10.6 Å². The van der Waals surface area contributed by atoms with Gasteiger partial charge in [-0.1, -0.05) is 53.0 Å². The lowest BCUT2D eigenvalue weighted by Crippen LogP contribution is -2.31. The first-order valence-corrected chi connectivity index (χ1v) is 8.84. The van der Waals surface area contributed by atoms with Crippen LogP contribution in [-0.2, 0) is 11.2 Å². The smallest absolute Gasteiger partial charge is 0.252 e. The average molecular weight is 400 g/mol. The van der Waals surface area contributed by atoms with Gasteiger partial charge in [0.05, 0.1) is 10.6 Å². The Morgan fingerprint density at radius 1 is 0.880 bits per heavy atom. The zero-order valence-corrected chi connectivity index (χ0v) is 15.6. The van der Waals surface area contributed by atoms with Crippen LogP contribution in [0, 0.1) is 0 Å². The van der Waals surface area contributed by atoms with Gasteiger partial charge in [-0.15, -0.1) is 0 Å². The fraction of sp³-hybridized carbons (Fsp3) is 0.222. The van der Waals surface area contributed by atoms with Crippen LogP contribution in [0.25, 0.3) is 0 Å². The highest BCUT2D eigenvalue weighted by atomic mass is 35.5. The van der Waals surface area contributed by atoms with Gasteiger partial charge < -0.3 is 10.6 Å². The van der Waals surface area contributed by atoms with Crippen molar-refractivity contribution in [3.8, 4) is 0 Å². The molecule has 2 aromatic carbocycles. The molecule has 0 heterocycles. The number of amides is 2. The molecule has 2 aromatic rings. The Labute approximate surface area is 161 Å². The highest BCUT2D eigenvalue weighted by Gasteiger charge is 2.10. The van der Waals surface area contributed by atoms with Crippen molar-refractivity contribution < 1.29 is 9.59 Å².